The van der Waals surface area contributed by atoms with Gasteiger partial charge in [-0.25, -0.2) is 0 Å². The molecule has 0 aromatic rings. The average Bonchev–Trinajstić information content (AvgIpc) is 2.14. The van der Waals surface area contributed by atoms with E-state index in [1.807, 2.05) is 0 Å². The van der Waals surface area contributed by atoms with Gasteiger partial charge in [0.05, 0.1) is 6.61 Å². The van der Waals surface area contributed by atoms with E-state index >= 15 is 0 Å². The van der Waals surface area contributed by atoms with Crippen molar-refractivity contribution in [1.82, 2.24) is 0 Å². The summed E-state index contributed by atoms with van der Waals surface area (Å²) in [6, 6.07) is 0. The number of ether oxygens (including phenoxy) is 1. The minimum absolute atomic E-state index is 0. The first-order valence-electron chi connectivity index (χ1n) is 2.71. The van der Waals surface area contributed by atoms with Crippen LogP contribution < -0.4 is 5.73 Å². The average molecular weight is 138 g/mol. The lowest BCUT2D eigenvalue weighted by Gasteiger charge is -1.97. The lowest BCUT2D eigenvalue weighted by molar-refractivity contribution is 0.187. The van der Waals surface area contributed by atoms with E-state index in [-0.39, 0.29) is 12.4 Å². The van der Waals surface area contributed by atoms with Crippen LogP contribution in [0.2, 0.25) is 0 Å². The third kappa shape index (κ3) is 1.99. The number of hydrogen-bond donors (Lipinski definition) is 1. The predicted molar refractivity (Wildman–Crippen MR) is 35.2 cm³/mol. The van der Waals surface area contributed by atoms with Gasteiger partial charge in [-0.15, -0.1) is 12.4 Å². The Balaban J connectivity index is 0.000000490. The molecule has 0 amide bonds. The van der Waals surface area contributed by atoms with Crippen molar-refractivity contribution >= 4 is 12.4 Å². The standard InChI is InChI=1S/C5H11NO.ClH/c6-3-5-1-2-7-4-5;/h5H,1-4,6H2;1H. The van der Waals surface area contributed by atoms with Crippen LogP contribution in [0.15, 0.2) is 0 Å². The maximum Gasteiger partial charge on any atom is 0.0507 e. The molecular formula is C5H12ClNO. The van der Waals surface area contributed by atoms with E-state index in [0.717, 1.165) is 26.2 Å². The van der Waals surface area contributed by atoms with E-state index < -0.39 is 0 Å². The molecule has 0 aliphatic carbocycles. The fraction of sp³-hybridized carbons (Fsp3) is 1.00. The molecule has 50 valence electrons. The van der Waals surface area contributed by atoms with Gasteiger partial charge in [-0.3, -0.25) is 0 Å². The molecule has 1 atom stereocenters. The van der Waals surface area contributed by atoms with Crippen molar-refractivity contribution in [1.29, 1.82) is 0 Å². The molecule has 1 saturated heterocycles. The monoisotopic (exact) mass is 137 g/mol. The molecular weight excluding hydrogens is 126 g/mol. The van der Waals surface area contributed by atoms with Crippen LogP contribution >= 0.6 is 12.4 Å². The van der Waals surface area contributed by atoms with Crippen LogP contribution in [0, 0.1) is 5.92 Å². The molecule has 3 heteroatoms. The summed E-state index contributed by atoms with van der Waals surface area (Å²) in [5.41, 5.74) is 5.35. The van der Waals surface area contributed by atoms with Gasteiger partial charge >= 0.3 is 0 Å². The number of halogens is 1. The summed E-state index contributed by atoms with van der Waals surface area (Å²) in [6.45, 7) is 2.60. The molecule has 0 bridgehead atoms. The Hall–Kier alpha value is 0.210. The van der Waals surface area contributed by atoms with Gasteiger partial charge in [-0.05, 0) is 18.9 Å². The minimum atomic E-state index is 0. The van der Waals surface area contributed by atoms with Crippen molar-refractivity contribution < 1.29 is 4.74 Å². The molecule has 0 radical (unpaired) electrons. The third-order valence-electron chi connectivity index (χ3n) is 1.36. The first-order valence-corrected chi connectivity index (χ1v) is 2.71. The minimum Gasteiger partial charge on any atom is -0.381 e. The molecule has 1 aliphatic rings. The molecule has 2 N–H and O–H groups in total. The van der Waals surface area contributed by atoms with E-state index in [0.29, 0.717) is 5.92 Å². The maximum atomic E-state index is 5.35. The zero-order valence-electron chi connectivity index (χ0n) is 4.80. The smallest absolute Gasteiger partial charge is 0.0507 e. The predicted octanol–water partition coefficient (Wildman–Crippen LogP) is 0.403. The van der Waals surface area contributed by atoms with Crippen LogP contribution in [0.1, 0.15) is 6.42 Å². The molecule has 0 aromatic heterocycles. The fourth-order valence-corrected chi connectivity index (χ4v) is 0.769. The van der Waals surface area contributed by atoms with Gasteiger partial charge in [-0.1, -0.05) is 0 Å². The quantitative estimate of drug-likeness (QED) is 0.568. The summed E-state index contributed by atoms with van der Waals surface area (Å²) < 4.78 is 5.07. The molecule has 0 spiro atoms. The van der Waals surface area contributed by atoms with Crippen LogP contribution in [0.25, 0.3) is 0 Å². The zero-order valence-corrected chi connectivity index (χ0v) is 5.62. The Morgan fingerprint density at radius 3 is 2.62 bits per heavy atom. The highest BCUT2D eigenvalue weighted by atomic mass is 35.5. The van der Waals surface area contributed by atoms with Gasteiger partial charge < -0.3 is 10.5 Å². The molecule has 1 aliphatic heterocycles. The summed E-state index contributed by atoms with van der Waals surface area (Å²) in [7, 11) is 0. The van der Waals surface area contributed by atoms with Gasteiger partial charge in [0.15, 0.2) is 0 Å². The van der Waals surface area contributed by atoms with E-state index in [1.54, 1.807) is 0 Å². The molecule has 1 fully saturated rings. The van der Waals surface area contributed by atoms with Gasteiger partial charge in [0, 0.05) is 6.61 Å². The third-order valence-corrected chi connectivity index (χ3v) is 1.36. The molecule has 8 heavy (non-hydrogen) atoms. The Bertz CT molecular complexity index is 54.4. The largest absolute Gasteiger partial charge is 0.381 e. The van der Waals surface area contributed by atoms with Crippen LogP contribution in [0.5, 0.6) is 0 Å². The Labute approximate surface area is 55.8 Å². The molecule has 0 aromatic carbocycles. The van der Waals surface area contributed by atoms with E-state index in [1.165, 1.54) is 0 Å². The summed E-state index contributed by atoms with van der Waals surface area (Å²) in [6.07, 6.45) is 1.16. The number of nitrogens with two attached hydrogens (primary N) is 1. The zero-order chi connectivity index (χ0) is 5.11. The molecule has 0 saturated carbocycles. The summed E-state index contributed by atoms with van der Waals surface area (Å²) in [4.78, 5) is 0. The van der Waals surface area contributed by atoms with Crippen molar-refractivity contribution in [2.45, 2.75) is 6.42 Å². The second kappa shape index (κ2) is 4.13. The first-order chi connectivity index (χ1) is 3.43. The second-order valence-electron chi connectivity index (χ2n) is 1.97. The van der Waals surface area contributed by atoms with Crippen molar-refractivity contribution in [3.05, 3.63) is 0 Å². The van der Waals surface area contributed by atoms with E-state index in [2.05, 4.69) is 0 Å². The summed E-state index contributed by atoms with van der Waals surface area (Å²) in [5.74, 6) is 0.653. The van der Waals surface area contributed by atoms with Crippen LogP contribution in [0.4, 0.5) is 0 Å². The lowest BCUT2D eigenvalue weighted by atomic mass is 10.1. The summed E-state index contributed by atoms with van der Waals surface area (Å²) >= 11 is 0. The van der Waals surface area contributed by atoms with Crippen molar-refractivity contribution in [2.75, 3.05) is 19.8 Å². The van der Waals surface area contributed by atoms with Gasteiger partial charge in [0.25, 0.3) is 0 Å². The van der Waals surface area contributed by atoms with Crippen LogP contribution in [-0.2, 0) is 4.74 Å². The van der Waals surface area contributed by atoms with E-state index in [4.69, 9.17) is 10.5 Å². The molecule has 1 unspecified atom stereocenters. The highest BCUT2D eigenvalue weighted by Crippen LogP contribution is 2.08. The lowest BCUT2D eigenvalue weighted by Crippen LogP contribution is -2.13. The molecule has 1 heterocycles. The normalized spacial score (nSPS) is 27.4. The maximum absolute atomic E-state index is 5.35. The first kappa shape index (κ1) is 8.21. The highest BCUT2D eigenvalue weighted by molar-refractivity contribution is 5.85. The van der Waals surface area contributed by atoms with Crippen molar-refractivity contribution in [2.24, 2.45) is 11.7 Å². The van der Waals surface area contributed by atoms with E-state index in [9.17, 15) is 0 Å². The summed E-state index contributed by atoms with van der Waals surface area (Å²) in [5, 5.41) is 0. The molecule has 2 nitrogen and oxygen atoms in total. The van der Waals surface area contributed by atoms with Crippen molar-refractivity contribution in [3.63, 3.8) is 0 Å². The Kier molecular flexibility index (Phi) is 4.23. The van der Waals surface area contributed by atoms with Gasteiger partial charge in [0.2, 0.25) is 0 Å². The molecule has 1 rings (SSSR count). The van der Waals surface area contributed by atoms with Crippen LogP contribution in [0.3, 0.4) is 0 Å². The van der Waals surface area contributed by atoms with Crippen LogP contribution in [-0.4, -0.2) is 19.8 Å². The van der Waals surface area contributed by atoms with Gasteiger partial charge in [-0.2, -0.15) is 0 Å². The second-order valence-corrected chi connectivity index (χ2v) is 1.97. The topological polar surface area (TPSA) is 35.2 Å². The fourth-order valence-electron chi connectivity index (χ4n) is 0.769. The SMILES string of the molecule is Cl.NCC1CCOC1. The van der Waals surface area contributed by atoms with Gasteiger partial charge in [0.1, 0.15) is 0 Å². The Morgan fingerprint density at radius 1 is 1.62 bits per heavy atom. The number of hydrogen-bond acceptors (Lipinski definition) is 2. The van der Waals surface area contributed by atoms with Crippen molar-refractivity contribution in [3.8, 4) is 0 Å². The number of rotatable bonds is 1. The Morgan fingerprint density at radius 2 is 2.38 bits per heavy atom. The highest BCUT2D eigenvalue weighted by Gasteiger charge is 2.12.